The zero-order chi connectivity index (χ0) is 13.7. The van der Waals surface area contributed by atoms with E-state index in [1.165, 1.54) is 36.8 Å². The van der Waals surface area contributed by atoms with Gasteiger partial charge in [-0.2, -0.15) is 0 Å². The zero-order valence-corrected chi connectivity index (χ0v) is 13.1. The maximum absolute atomic E-state index is 6.30. The molecule has 2 rings (SSSR count). The second-order valence-electron chi connectivity index (χ2n) is 5.23. The van der Waals surface area contributed by atoms with E-state index >= 15 is 0 Å². The van der Waals surface area contributed by atoms with E-state index in [4.69, 9.17) is 10.5 Å². The Bertz CT molecular complexity index is 456. The highest BCUT2D eigenvalue weighted by Gasteiger charge is 2.12. The van der Waals surface area contributed by atoms with Crippen LogP contribution in [-0.4, -0.2) is 13.2 Å². The molecule has 0 amide bonds. The van der Waals surface area contributed by atoms with E-state index in [1.807, 2.05) is 12.1 Å². The van der Waals surface area contributed by atoms with E-state index in [0.29, 0.717) is 0 Å². The Morgan fingerprint density at radius 3 is 2.84 bits per heavy atom. The molecule has 1 aromatic carbocycles. The number of allylic oxidation sites excluding steroid dienone is 1. The molecule has 19 heavy (non-hydrogen) atoms. The van der Waals surface area contributed by atoms with Crippen molar-refractivity contribution in [2.45, 2.75) is 44.6 Å². The minimum Gasteiger partial charge on any atom is -0.496 e. The standard InChI is InChI=1S/C16H22BrNO/c1-19-16-8-7-14(17)10-13(16)11-15(18)9-12-5-3-2-4-6-12/h5,7-8,10,15H,2-4,6,9,11,18H2,1H3. The third-order valence-corrected chi connectivity index (χ3v) is 4.13. The molecule has 1 atom stereocenters. The van der Waals surface area contributed by atoms with Gasteiger partial charge in [-0.1, -0.05) is 27.6 Å². The first-order valence-corrected chi connectivity index (χ1v) is 7.74. The van der Waals surface area contributed by atoms with E-state index in [0.717, 1.165) is 23.1 Å². The first-order chi connectivity index (χ1) is 9.19. The van der Waals surface area contributed by atoms with Crippen molar-refractivity contribution in [3.8, 4) is 5.75 Å². The van der Waals surface area contributed by atoms with Crippen LogP contribution in [0.5, 0.6) is 5.75 Å². The van der Waals surface area contributed by atoms with Crippen LogP contribution in [0.3, 0.4) is 0 Å². The summed E-state index contributed by atoms with van der Waals surface area (Å²) in [7, 11) is 1.71. The SMILES string of the molecule is COc1ccc(Br)cc1CC(N)CC1=CCCCC1. The maximum Gasteiger partial charge on any atom is 0.122 e. The molecule has 1 unspecified atom stereocenters. The molecule has 0 aliphatic heterocycles. The molecule has 2 N–H and O–H groups in total. The fraction of sp³-hybridized carbons (Fsp3) is 0.500. The molecular formula is C16H22BrNO. The number of halogens is 1. The highest BCUT2D eigenvalue weighted by Crippen LogP contribution is 2.26. The summed E-state index contributed by atoms with van der Waals surface area (Å²) in [6.45, 7) is 0. The lowest BCUT2D eigenvalue weighted by atomic mass is 9.92. The minimum absolute atomic E-state index is 0.174. The summed E-state index contributed by atoms with van der Waals surface area (Å²) in [6, 6.07) is 6.27. The number of benzene rings is 1. The third kappa shape index (κ3) is 4.36. The van der Waals surface area contributed by atoms with E-state index in [2.05, 4.69) is 28.1 Å². The molecule has 0 fully saturated rings. The lowest BCUT2D eigenvalue weighted by Crippen LogP contribution is -2.24. The molecule has 1 aliphatic rings. The molecule has 104 valence electrons. The molecule has 0 radical (unpaired) electrons. The summed E-state index contributed by atoms with van der Waals surface area (Å²) in [6.07, 6.45) is 9.35. The van der Waals surface area contributed by atoms with Crippen LogP contribution in [0.2, 0.25) is 0 Å². The summed E-state index contributed by atoms with van der Waals surface area (Å²) < 4.78 is 6.48. The molecule has 3 heteroatoms. The molecular weight excluding hydrogens is 302 g/mol. The van der Waals surface area contributed by atoms with Crippen molar-refractivity contribution in [1.82, 2.24) is 0 Å². The first-order valence-electron chi connectivity index (χ1n) is 6.95. The van der Waals surface area contributed by atoms with Crippen LogP contribution in [0.1, 0.15) is 37.7 Å². The first kappa shape index (κ1) is 14.6. The quantitative estimate of drug-likeness (QED) is 0.823. The molecule has 1 aliphatic carbocycles. The van der Waals surface area contributed by atoms with Gasteiger partial charge in [-0.15, -0.1) is 0 Å². The Labute approximate surface area is 124 Å². The number of hydrogen-bond donors (Lipinski definition) is 1. The predicted molar refractivity (Wildman–Crippen MR) is 83.5 cm³/mol. The van der Waals surface area contributed by atoms with Crippen LogP contribution >= 0.6 is 15.9 Å². The van der Waals surface area contributed by atoms with Crippen LogP contribution in [0.4, 0.5) is 0 Å². The van der Waals surface area contributed by atoms with Gasteiger partial charge in [-0.05, 0) is 62.3 Å². The van der Waals surface area contributed by atoms with Crippen molar-refractivity contribution >= 4 is 15.9 Å². The zero-order valence-electron chi connectivity index (χ0n) is 11.5. The average Bonchev–Trinajstić information content (AvgIpc) is 2.40. The Balaban J connectivity index is 1.99. The van der Waals surface area contributed by atoms with Crippen molar-refractivity contribution in [2.75, 3.05) is 7.11 Å². The monoisotopic (exact) mass is 323 g/mol. The van der Waals surface area contributed by atoms with Gasteiger partial charge in [0.2, 0.25) is 0 Å². The number of hydrogen-bond acceptors (Lipinski definition) is 2. The normalized spacial score (nSPS) is 16.9. The van der Waals surface area contributed by atoms with Gasteiger partial charge < -0.3 is 10.5 Å². The van der Waals surface area contributed by atoms with Gasteiger partial charge in [-0.25, -0.2) is 0 Å². The number of ether oxygens (including phenoxy) is 1. The van der Waals surface area contributed by atoms with Crippen molar-refractivity contribution < 1.29 is 4.74 Å². The van der Waals surface area contributed by atoms with Gasteiger partial charge in [0, 0.05) is 10.5 Å². The number of nitrogens with two attached hydrogens (primary N) is 1. The lowest BCUT2D eigenvalue weighted by Gasteiger charge is -2.18. The van der Waals surface area contributed by atoms with E-state index in [1.54, 1.807) is 7.11 Å². The number of methoxy groups -OCH3 is 1. The largest absolute Gasteiger partial charge is 0.496 e. The maximum atomic E-state index is 6.30. The molecule has 0 heterocycles. The Hall–Kier alpha value is -0.800. The summed E-state index contributed by atoms with van der Waals surface area (Å²) >= 11 is 3.51. The van der Waals surface area contributed by atoms with Gasteiger partial charge in [0.05, 0.1) is 7.11 Å². The topological polar surface area (TPSA) is 35.2 Å². The van der Waals surface area contributed by atoms with Gasteiger partial charge in [0.15, 0.2) is 0 Å². The van der Waals surface area contributed by atoms with E-state index < -0.39 is 0 Å². The predicted octanol–water partition coefficient (Wildman–Crippen LogP) is 4.22. The molecule has 1 aromatic rings. The minimum atomic E-state index is 0.174. The van der Waals surface area contributed by atoms with E-state index in [9.17, 15) is 0 Å². The van der Waals surface area contributed by atoms with Gasteiger partial charge in [-0.3, -0.25) is 0 Å². The highest BCUT2D eigenvalue weighted by molar-refractivity contribution is 9.10. The number of rotatable bonds is 5. The smallest absolute Gasteiger partial charge is 0.122 e. The van der Waals surface area contributed by atoms with Crippen LogP contribution in [0.25, 0.3) is 0 Å². The molecule has 0 saturated heterocycles. The van der Waals surface area contributed by atoms with Crippen molar-refractivity contribution in [3.63, 3.8) is 0 Å². The van der Waals surface area contributed by atoms with Crippen molar-refractivity contribution in [3.05, 3.63) is 39.9 Å². The molecule has 2 nitrogen and oxygen atoms in total. The molecule has 0 bridgehead atoms. The lowest BCUT2D eigenvalue weighted by molar-refractivity contribution is 0.407. The van der Waals surface area contributed by atoms with Crippen LogP contribution in [-0.2, 0) is 6.42 Å². The van der Waals surface area contributed by atoms with Gasteiger partial charge >= 0.3 is 0 Å². The Kier molecular flexibility index (Phi) is 5.46. The van der Waals surface area contributed by atoms with Gasteiger partial charge in [0.1, 0.15) is 5.75 Å². The Morgan fingerprint density at radius 2 is 2.16 bits per heavy atom. The molecule has 0 saturated carbocycles. The second kappa shape index (κ2) is 7.11. The molecule has 0 aromatic heterocycles. The summed E-state index contributed by atoms with van der Waals surface area (Å²) in [5.74, 6) is 0.927. The van der Waals surface area contributed by atoms with Crippen molar-refractivity contribution in [1.29, 1.82) is 0 Å². The fourth-order valence-electron chi connectivity index (χ4n) is 2.69. The summed E-state index contributed by atoms with van der Waals surface area (Å²) in [5.41, 5.74) is 9.01. The van der Waals surface area contributed by atoms with Gasteiger partial charge in [0.25, 0.3) is 0 Å². The highest BCUT2D eigenvalue weighted by atomic mass is 79.9. The Morgan fingerprint density at radius 1 is 1.32 bits per heavy atom. The van der Waals surface area contributed by atoms with Crippen LogP contribution < -0.4 is 10.5 Å². The van der Waals surface area contributed by atoms with Crippen LogP contribution in [0, 0.1) is 0 Å². The second-order valence-corrected chi connectivity index (χ2v) is 6.15. The summed E-state index contributed by atoms with van der Waals surface area (Å²) in [4.78, 5) is 0. The van der Waals surface area contributed by atoms with Crippen molar-refractivity contribution in [2.24, 2.45) is 5.73 Å². The summed E-state index contributed by atoms with van der Waals surface area (Å²) in [5, 5.41) is 0. The fourth-order valence-corrected chi connectivity index (χ4v) is 3.10. The third-order valence-electron chi connectivity index (χ3n) is 3.63. The molecule has 0 spiro atoms. The van der Waals surface area contributed by atoms with E-state index in [-0.39, 0.29) is 6.04 Å². The average molecular weight is 324 g/mol. The van der Waals surface area contributed by atoms with Crippen LogP contribution in [0.15, 0.2) is 34.3 Å².